The van der Waals surface area contributed by atoms with Crippen molar-refractivity contribution in [3.8, 4) is 5.75 Å². The molecule has 2 atom stereocenters. The third-order valence-corrected chi connectivity index (χ3v) is 4.12. The highest BCUT2D eigenvalue weighted by Gasteiger charge is 2.28. The van der Waals surface area contributed by atoms with Crippen molar-refractivity contribution >= 4 is 11.8 Å². The average molecular weight is 320 g/mol. The van der Waals surface area contributed by atoms with E-state index in [1.807, 2.05) is 31.2 Å². The van der Waals surface area contributed by atoms with Crippen LogP contribution in [0.15, 0.2) is 24.3 Å². The minimum absolute atomic E-state index is 0.00888. The van der Waals surface area contributed by atoms with Crippen LogP contribution < -0.4 is 10.1 Å². The summed E-state index contributed by atoms with van der Waals surface area (Å²) in [5.74, 6) is 1.08. The van der Waals surface area contributed by atoms with Gasteiger partial charge in [-0.15, -0.1) is 0 Å². The Morgan fingerprint density at radius 3 is 2.74 bits per heavy atom. The van der Waals surface area contributed by atoms with E-state index in [1.54, 1.807) is 0 Å². The number of carbonyl (C=O) groups is 1. The maximum absolute atomic E-state index is 12.3. The Morgan fingerprint density at radius 2 is 2.00 bits per heavy atom. The molecular formula is C18H28N2O3. The SMILES string of the molecule is CCOc1ccccc1NC(=O)O[C@@H]1CCCC[C@H]1CN(C)C. The molecule has 0 heterocycles. The first-order chi connectivity index (χ1) is 11.1. The first-order valence-corrected chi connectivity index (χ1v) is 8.44. The lowest BCUT2D eigenvalue weighted by Crippen LogP contribution is -2.37. The van der Waals surface area contributed by atoms with E-state index in [9.17, 15) is 4.79 Å². The van der Waals surface area contributed by atoms with Crippen molar-refractivity contribution in [3.05, 3.63) is 24.3 Å². The summed E-state index contributed by atoms with van der Waals surface area (Å²) in [5, 5.41) is 2.82. The number of hydrogen-bond acceptors (Lipinski definition) is 4. The Hall–Kier alpha value is -1.75. The Kier molecular flexibility index (Phi) is 6.71. The summed E-state index contributed by atoms with van der Waals surface area (Å²) in [7, 11) is 4.12. The van der Waals surface area contributed by atoms with Crippen LogP contribution in [-0.4, -0.2) is 44.3 Å². The number of ether oxygens (including phenoxy) is 2. The van der Waals surface area contributed by atoms with Gasteiger partial charge in [0.05, 0.1) is 12.3 Å². The summed E-state index contributed by atoms with van der Waals surface area (Å²) in [5.41, 5.74) is 0.652. The van der Waals surface area contributed by atoms with Gasteiger partial charge in [0.1, 0.15) is 11.9 Å². The molecule has 1 fully saturated rings. The highest BCUT2D eigenvalue weighted by Crippen LogP contribution is 2.29. The maximum Gasteiger partial charge on any atom is 0.412 e. The molecule has 5 heteroatoms. The summed E-state index contributed by atoms with van der Waals surface area (Å²) in [6, 6.07) is 7.42. The van der Waals surface area contributed by atoms with Gasteiger partial charge in [0, 0.05) is 12.5 Å². The van der Waals surface area contributed by atoms with Crippen LogP contribution in [0.25, 0.3) is 0 Å². The molecule has 0 aromatic heterocycles. The Balaban J connectivity index is 1.95. The lowest BCUT2D eigenvalue weighted by Gasteiger charge is -2.32. The molecule has 0 saturated heterocycles. The number of hydrogen-bond donors (Lipinski definition) is 1. The van der Waals surface area contributed by atoms with Crippen LogP contribution in [0.4, 0.5) is 10.5 Å². The van der Waals surface area contributed by atoms with Crippen molar-refractivity contribution in [2.24, 2.45) is 5.92 Å². The van der Waals surface area contributed by atoms with Crippen LogP contribution >= 0.6 is 0 Å². The minimum Gasteiger partial charge on any atom is -0.492 e. The predicted octanol–water partition coefficient (Wildman–Crippen LogP) is 3.75. The zero-order valence-electron chi connectivity index (χ0n) is 14.4. The van der Waals surface area contributed by atoms with Gasteiger partial charge in [0.15, 0.2) is 0 Å². The first-order valence-electron chi connectivity index (χ1n) is 8.44. The van der Waals surface area contributed by atoms with E-state index in [0.717, 1.165) is 25.8 Å². The zero-order valence-corrected chi connectivity index (χ0v) is 14.4. The molecule has 1 N–H and O–H groups in total. The molecule has 0 spiro atoms. The second-order valence-electron chi connectivity index (χ2n) is 6.30. The summed E-state index contributed by atoms with van der Waals surface area (Å²) < 4.78 is 11.2. The summed E-state index contributed by atoms with van der Waals surface area (Å²) in [6.07, 6.45) is 3.99. The average Bonchev–Trinajstić information content (AvgIpc) is 2.51. The van der Waals surface area contributed by atoms with Gasteiger partial charge < -0.3 is 14.4 Å². The molecule has 0 radical (unpaired) electrons. The van der Waals surface area contributed by atoms with Crippen molar-refractivity contribution < 1.29 is 14.3 Å². The molecule has 0 unspecified atom stereocenters. The monoisotopic (exact) mass is 320 g/mol. The quantitative estimate of drug-likeness (QED) is 0.867. The third-order valence-electron chi connectivity index (χ3n) is 4.12. The van der Waals surface area contributed by atoms with Crippen LogP contribution in [-0.2, 0) is 4.74 Å². The molecule has 1 aliphatic carbocycles. The lowest BCUT2D eigenvalue weighted by molar-refractivity contribution is 0.0357. The number of carbonyl (C=O) groups excluding carboxylic acids is 1. The third kappa shape index (κ3) is 5.43. The molecule has 5 nitrogen and oxygen atoms in total. The summed E-state index contributed by atoms with van der Waals surface area (Å²) in [4.78, 5) is 14.4. The van der Waals surface area contributed by atoms with Crippen molar-refractivity contribution in [1.82, 2.24) is 4.90 Å². The molecular weight excluding hydrogens is 292 g/mol. The molecule has 1 saturated carbocycles. The second-order valence-corrected chi connectivity index (χ2v) is 6.30. The number of nitrogens with one attached hydrogen (secondary N) is 1. The van der Waals surface area contributed by atoms with Crippen LogP contribution in [0.2, 0.25) is 0 Å². The van der Waals surface area contributed by atoms with Crippen molar-refractivity contribution in [2.45, 2.75) is 38.7 Å². The zero-order chi connectivity index (χ0) is 16.7. The van der Waals surface area contributed by atoms with Crippen molar-refractivity contribution in [2.75, 3.05) is 32.6 Å². The fraction of sp³-hybridized carbons (Fsp3) is 0.611. The largest absolute Gasteiger partial charge is 0.492 e. The van der Waals surface area contributed by atoms with E-state index in [1.165, 1.54) is 6.42 Å². The van der Waals surface area contributed by atoms with Gasteiger partial charge in [-0.3, -0.25) is 5.32 Å². The van der Waals surface area contributed by atoms with Gasteiger partial charge in [0.25, 0.3) is 0 Å². The molecule has 128 valence electrons. The number of para-hydroxylation sites is 2. The number of nitrogens with zero attached hydrogens (tertiary/aromatic N) is 1. The van der Waals surface area contributed by atoms with E-state index in [4.69, 9.17) is 9.47 Å². The second kappa shape index (κ2) is 8.77. The van der Waals surface area contributed by atoms with Crippen LogP contribution in [0, 0.1) is 5.92 Å². The Bertz CT molecular complexity index is 505. The van der Waals surface area contributed by atoms with Crippen LogP contribution in [0.1, 0.15) is 32.6 Å². The minimum atomic E-state index is -0.396. The lowest BCUT2D eigenvalue weighted by atomic mass is 9.86. The maximum atomic E-state index is 12.3. The highest BCUT2D eigenvalue weighted by molar-refractivity contribution is 5.86. The topological polar surface area (TPSA) is 50.8 Å². The van der Waals surface area contributed by atoms with E-state index in [0.29, 0.717) is 24.0 Å². The fourth-order valence-electron chi connectivity index (χ4n) is 3.13. The summed E-state index contributed by atoms with van der Waals surface area (Å²) in [6.45, 7) is 3.43. The Labute approximate surface area is 139 Å². The van der Waals surface area contributed by atoms with Gasteiger partial charge in [-0.05, 0) is 52.4 Å². The predicted molar refractivity (Wildman–Crippen MR) is 92.0 cm³/mol. The molecule has 23 heavy (non-hydrogen) atoms. The molecule has 1 amide bonds. The van der Waals surface area contributed by atoms with Gasteiger partial charge in [-0.2, -0.15) is 0 Å². The number of benzene rings is 1. The number of amides is 1. The molecule has 1 aromatic carbocycles. The molecule has 2 rings (SSSR count). The van der Waals surface area contributed by atoms with Crippen LogP contribution in [0.5, 0.6) is 5.75 Å². The van der Waals surface area contributed by atoms with Gasteiger partial charge in [0.2, 0.25) is 0 Å². The highest BCUT2D eigenvalue weighted by atomic mass is 16.6. The molecule has 0 aliphatic heterocycles. The van der Waals surface area contributed by atoms with Crippen molar-refractivity contribution in [3.63, 3.8) is 0 Å². The van der Waals surface area contributed by atoms with E-state index >= 15 is 0 Å². The Morgan fingerprint density at radius 1 is 1.26 bits per heavy atom. The van der Waals surface area contributed by atoms with Gasteiger partial charge in [-0.25, -0.2) is 4.79 Å². The molecule has 1 aromatic rings. The molecule has 1 aliphatic rings. The van der Waals surface area contributed by atoms with Crippen LogP contribution in [0.3, 0.4) is 0 Å². The van der Waals surface area contributed by atoms with E-state index < -0.39 is 6.09 Å². The van der Waals surface area contributed by atoms with Crippen molar-refractivity contribution in [1.29, 1.82) is 0 Å². The van der Waals surface area contributed by atoms with E-state index in [2.05, 4.69) is 24.3 Å². The standard InChI is InChI=1S/C18H28N2O3/c1-4-22-17-12-8-6-10-15(17)19-18(21)23-16-11-7-5-9-14(16)13-20(2)3/h6,8,10,12,14,16H,4-5,7,9,11,13H2,1-3H3,(H,19,21)/t14-,16+/m0/s1. The number of anilines is 1. The van der Waals surface area contributed by atoms with Gasteiger partial charge >= 0.3 is 6.09 Å². The first kappa shape index (κ1) is 17.6. The molecule has 0 bridgehead atoms. The summed E-state index contributed by atoms with van der Waals surface area (Å²) >= 11 is 0. The smallest absolute Gasteiger partial charge is 0.412 e. The fourth-order valence-corrected chi connectivity index (χ4v) is 3.13. The number of rotatable bonds is 6. The van der Waals surface area contributed by atoms with E-state index in [-0.39, 0.29) is 6.10 Å². The van der Waals surface area contributed by atoms with Gasteiger partial charge in [-0.1, -0.05) is 18.6 Å². The normalized spacial score (nSPS) is 21.0.